The van der Waals surface area contributed by atoms with Crippen LogP contribution in [0.4, 0.5) is 17.2 Å². The molecule has 6 rings (SSSR count). The van der Waals surface area contributed by atoms with Crippen molar-refractivity contribution in [1.82, 2.24) is 29.9 Å². The van der Waals surface area contributed by atoms with E-state index >= 15 is 0 Å². The smallest absolute Gasteiger partial charge is 0.271 e. The molecule has 0 bridgehead atoms. The van der Waals surface area contributed by atoms with Gasteiger partial charge in [-0.15, -0.1) is 0 Å². The van der Waals surface area contributed by atoms with Gasteiger partial charge in [0.1, 0.15) is 5.82 Å². The van der Waals surface area contributed by atoms with Crippen LogP contribution in [0.2, 0.25) is 0 Å². The van der Waals surface area contributed by atoms with Gasteiger partial charge in [-0.3, -0.25) is 19.6 Å². The van der Waals surface area contributed by atoms with Crippen LogP contribution in [-0.4, -0.2) is 41.6 Å². The predicted molar refractivity (Wildman–Crippen MR) is 147 cm³/mol. The standard InChI is InChI=1S/C28H24N8O3/c1-36-24-13-19(7-8-20(24)27(38)34-36)31-25-14-22(32-23(16-37)17-5-3-2-4-6-17)21(15-30-25)28-33-26(35-39-28)18-9-11-29-12-10-18/h2-15,23,37H,16H2,1H3,(H,34,38)(H2,30,31,32)/t23-/m1/s1. The van der Waals surface area contributed by atoms with Crippen LogP contribution in [0.3, 0.4) is 0 Å². The van der Waals surface area contributed by atoms with E-state index in [1.54, 1.807) is 48.5 Å². The van der Waals surface area contributed by atoms with Gasteiger partial charge in [-0.05, 0) is 35.9 Å². The van der Waals surface area contributed by atoms with E-state index in [0.29, 0.717) is 28.3 Å². The largest absolute Gasteiger partial charge is 0.394 e. The Morgan fingerprint density at radius 2 is 1.90 bits per heavy atom. The predicted octanol–water partition coefficient (Wildman–Crippen LogP) is 4.26. The monoisotopic (exact) mass is 520 g/mol. The zero-order valence-corrected chi connectivity index (χ0v) is 20.9. The molecule has 6 aromatic rings. The van der Waals surface area contributed by atoms with Gasteiger partial charge in [0, 0.05) is 43.0 Å². The maximum absolute atomic E-state index is 12.1. The molecule has 4 N–H and O–H groups in total. The van der Waals surface area contributed by atoms with E-state index in [1.165, 1.54) is 0 Å². The Morgan fingerprint density at radius 3 is 2.69 bits per heavy atom. The molecule has 0 aliphatic carbocycles. The van der Waals surface area contributed by atoms with Crippen LogP contribution in [0.1, 0.15) is 11.6 Å². The van der Waals surface area contributed by atoms with E-state index in [9.17, 15) is 9.90 Å². The van der Waals surface area contributed by atoms with E-state index in [4.69, 9.17) is 4.52 Å². The van der Waals surface area contributed by atoms with Crippen LogP contribution in [0.25, 0.3) is 33.7 Å². The molecule has 11 heteroatoms. The molecule has 2 aromatic carbocycles. The van der Waals surface area contributed by atoms with Gasteiger partial charge in [0.05, 0.1) is 34.8 Å². The van der Waals surface area contributed by atoms with Gasteiger partial charge >= 0.3 is 0 Å². The number of H-pyrrole nitrogens is 1. The van der Waals surface area contributed by atoms with Gasteiger partial charge in [0.25, 0.3) is 11.4 Å². The SMILES string of the molecule is Cn1[nH]c(=O)c2ccc(Nc3cc(N[C@H](CO)c4ccccc4)c(-c4nc(-c5ccncc5)no4)cn3)cc21. The lowest BCUT2D eigenvalue weighted by atomic mass is 10.1. The maximum Gasteiger partial charge on any atom is 0.271 e. The number of aromatic amines is 1. The van der Waals surface area contributed by atoms with Crippen molar-refractivity contribution in [3.8, 4) is 22.8 Å². The number of nitrogens with zero attached hydrogens (tertiary/aromatic N) is 5. The first-order valence-corrected chi connectivity index (χ1v) is 12.2. The molecule has 11 nitrogen and oxygen atoms in total. The van der Waals surface area contributed by atoms with Crippen LogP contribution in [-0.2, 0) is 7.05 Å². The zero-order chi connectivity index (χ0) is 26.8. The zero-order valence-electron chi connectivity index (χ0n) is 20.9. The summed E-state index contributed by atoms with van der Waals surface area (Å²) >= 11 is 0. The van der Waals surface area contributed by atoms with E-state index in [2.05, 4.69) is 35.8 Å². The molecule has 194 valence electrons. The lowest BCUT2D eigenvalue weighted by Gasteiger charge is -2.20. The van der Waals surface area contributed by atoms with Gasteiger partial charge in [0.15, 0.2) is 0 Å². The molecule has 39 heavy (non-hydrogen) atoms. The summed E-state index contributed by atoms with van der Waals surface area (Å²) in [5.74, 6) is 1.24. The summed E-state index contributed by atoms with van der Waals surface area (Å²) in [4.78, 5) is 25.2. The summed E-state index contributed by atoms with van der Waals surface area (Å²) in [6.45, 7) is -0.140. The van der Waals surface area contributed by atoms with Gasteiger partial charge in [0.2, 0.25) is 5.82 Å². The average molecular weight is 521 g/mol. The Bertz CT molecular complexity index is 1790. The number of aliphatic hydroxyl groups is 1. The van der Waals surface area contributed by atoms with Crippen molar-refractivity contribution in [2.75, 3.05) is 17.2 Å². The fourth-order valence-corrected chi connectivity index (χ4v) is 4.37. The molecule has 0 aliphatic heterocycles. The van der Waals surface area contributed by atoms with E-state index < -0.39 is 6.04 Å². The Hall–Kier alpha value is -5.29. The quantitative estimate of drug-likeness (QED) is 0.231. The summed E-state index contributed by atoms with van der Waals surface area (Å²) in [6.07, 6.45) is 4.96. The van der Waals surface area contributed by atoms with Crippen LogP contribution in [0.15, 0.2) is 94.6 Å². The molecule has 0 spiro atoms. The molecule has 0 fully saturated rings. The number of benzene rings is 2. The fourth-order valence-electron chi connectivity index (χ4n) is 4.37. The normalized spacial score (nSPS) is 11.9. The highest BCUT2D eigenvalue weighted by atomic mass is 16.5. The molecule has 0 unspecified atom stereocenters. The minimum atomic E-state index is -0.395. The fraction of sp³-hybridized carbons (Fsp3) is 0.107. The summed E-state index contributed by atoms with van der Waals surface area (Å²) in [5, 5.41) is 24.4. The molecule has 0 saturated heterocycles. The Balaban J connectivity index is 1.38. The minimum Gasteiger partial charge on any atom is -0.394 e. The highest BCUT2D eigenvalue weighted by Gasteiger charge is 2.19. The topological polar surface area (TPSA) is 147 Å². The number of aromatic nitrogens is 6. The molecular weight excluding hydrogens is 496 g/mol. The number of nitrogens with one attached hydrogen (secondary N) is 3. The average Bonchev–Trinajstić information content (AvgIpc) is 3.57. The number of pyridine rings is 2. The number of fused-ring (bicyclic) bond motifs is 1. The van der Waals surface area contributed by atoms with Crippen molar-refractivity contribution in [1.29, 1.82) is 0 Å². The van der Waals surface area contributed by atoms with Gasteiger partial charge in [-0.2, -0.15) is 4.98 Å². The van der Waals surface area contributed by atoms with Crippen LogP contribution >= 0.6 is 0 Å². The van der Waals surface area contributed by atoms with Gasteiger partial charge in [-0.1, -0.05) is 35.5 Å². The number of aryl methyl sites for hydroxylation is 1. The summed E-state index contributed by atoms with van der Waals surface area (Å²) in [5.41, 5.74) is 4.27. The summed E-state index contributed by atoms with van der Waals surface area (Å²) < 4.78 is 7.28. The number of hydrogen-bond donors (Lipinski definition) is 4. The number of anilines is 3. The van der Waals surface area contributed by atoms with E-state index in [1.807, 2.05) is 48.5 Å². The molecule has 0 amide bonds. The van der Waals surface area contributed by atoms with Crippen molar-refractivity contribution in [2.24, 2.45) is 7.05 Å². The van der Waals surface area contributed by atoms with E-state index in [0.717, 1.165) is 22.3 Å². The lowest BCUT2D eigenvalue weighted by molar-refractivity contribution is 0.276. The van der Waals surface area contributed by atoms with Crippen LogP contribution in [0.5, 0.6) is 0 Å². The molecular formula is C28H24N8O3. The second-order valence-corrected chi connectivity index (χ2v) is 8.92. The highest BCUT2D eigenvalue weighted by molar-refractivity contribution is 5.83. The van der Waals surface area contributed by atoms with Gasteiger partial charge < -0.3 is 20.3 Å². The van der Waals surface area contributed by atoms with Crippen LogP contribution < -0.4 is 16.2 Å². The van der Waals surface area contributed by atoms with E-state index in [-0.39, 0.29) is 18.1 Å². The van der Waals surface area contributed by atoms with Crippen molar-refractivity contribution < 1.29 is 9.63 Å². The molecule has 4 aromatic heterocycles. The lowest BCUT2D eigenvalue weighted by Crippen LogP contribution is -2.15. The Kier molecular flexibility index (Phi) is 6.31. The molecule has 0 radical (unpaired) electrons. The second-order valence-electron chi connectivity index (χ2n) is 8.92. The number of hydrogen-bond acceptors (Lipinski definition) is 9. The first-order valence-electron chi connectivity index (χ1n) is 12.2. The number of aliphatic hydroxyl groups excluding tert-OH is 1. The van der Waals surface area contributed by atoms with Gasteiger partial charge in [-0.25, -0.2) is 4.98 Å². The second kappa shape index (κ2) is 10.2. The first-order chi connectivity index (χ1) is 19.1. The third-order valence-electron chi connectivity index (χ3n) is 6.36. The maximum atomic E-state index is 12.1. The minimum absolute atomic E-state index is 0.140. The van der Waals surface area contributed by atoms with Crippen molar-refractivity contribution in [3.63, 3.8) is 0 Å². The third kappa shape index (κ3) is 4.86. The molecule has 0 saturated carbocycles. The van der Waals surface area contributed by atoms with Crippen molar-refractivity contribution >= 4 is 28.1 Å². The van der Waals surface area contributed by atoms with Crippen molar-refractivity contribution in [2.45, 2.75) is 6.04 Å². The first kappa shape index (κ1) is 24.1. The van der Waals surface area contributed by atoms with Crippen LogP contribution in [0, 0.1) is 0 Å². The molecule has 0 aliphatic rings. The molecule has 4 heterocycles. The Morgan fingerprint density at radius 1 is 1.08 bits per heavy atom. The molecule has 1 atom stereocenters. The summed E-state index contributed by atoms with van der Waals surface area (Å²) in [7, 11) is 1.78. The third-order valence-corrected chi connectivity index (χ3v) is 6.36. The van der Waals surface area contributed by atoms with Crippen molar-refractivity contribution in [3.05, 3.63) is 101 Å². The number of rotatable bonds is 8. The Labute approximate surface area is 222 Å². The highest BCUT2D eigenvalue weighted by Crippen LogP contribution is 2.33. The summed E-state index contributed by atoms with van der Waals surface area (Å²) in [6, 6.07) is 20.1.